The highest BCUT2D eigenvalue weighted by Gasteiger charge is 1.93. The fourth-order valence-corrected chi connectivity index (χ4v) is 1.51. The van der Waals surface area contributed by atoms with E-state index in [1.807, 2.05) is 6.07 Å². The molecule has 3 nitrogen and oxygen atoms in total. The van der Waals surface area contributed by atoms with Gasteiger partial charge in [-0.05, 0) is 41.3 Å². The van der Waals surface area contributed by atoms with Gasteiger partial charge in [-0.2, -0.15) is 0 Å². The number of nitrogens with one attached hydrogen (secondary N) is 1. The van der Waals surface area contributed by atoms with Gasteiger partial charge < -0.3 is 4.98 Å². The minimum absolute atomic E-state index is 0.199. The summed E-state index contributed by atoms with van der Waals surface area (Å²) in [6.07, 6.45) is 4.68. The smallest absolute Gasteiger partial charge is 0.222 e. The lowest BCUT2D eigenvalue weighted by molar-refractivity contribution is 0.629. The van der Waals surface area contributed by atoms with Crippen LogP contribution in [0.3, 0.4) is 0 Å². The maximum absolute atomic E-state index is 12.5. The van der Waals surface area contributed by atoms with Gasteiger partial charge in [0.1, 0.15) is 5.82 Å². The lowest BCUT2D eigenvalue weighted by atomic mass is 10.2. The SMILES string of the molecule is Clc1cnc(Cl)nc1.Fc1ccc2cc[nH]c2c1. The summed E-state index contributed by atoms with van der Waals surface area (Å²) < 4.78 is 12.5. The first-order valence-corrected chi connectivity index (χ1v) is 5.76. The number of H-pyrrole nitrogens is 1. The van der Waals surface area contributed by atoms with Crippen molar-refractivity contribution < 1.29 is 4.39 Å². The van der Waals surface area contributed by atoms with Gasteiger partial charge in [0, 0.05) is 11.7 Å². The molecular formula is C12H8Cl2FN3. The molecule has 1 N–H and O–H groups in total. The van der Waals surface area contributed by atoms with Crippen molar-refractivity contribution in [1.82, 2.24) is 15.0 Å². The Bertz CT molecular complexity index is 616. The fraction of sp³-hybridized carbons (Fsp3) is 0. The van der Waals surface area contributed by atoms with Crippen LogP contribution in [-0.4, -0.2) is 15.0 Å². The summed E-state index contributed by atoms with van der Waals surface area (Å²) in [5.74, 6) is -0.199. The highest BCUT2D eigenvalue weighted by molar-refractivity contribution is 6.31. The zero-order chi connectivity index (χ0) is 13.0. The van der Waals surface area contributed by atoms with E-state index in [9.17, 15) is 4.39 Å². The predicted molar refractivity (Wildman–Crippen MR) is 70.3 cm³/mol. The number of halogens is 3. The number of aromatic nitrogens is 3. The molecule has 6 heteroatoms. The number of rotatable bonds is 0. The van der Waals surface area contributed by atoms with Crippen molar-refractivity contribution in [2.45, 2.75) is 0 Å². The van der Waals surface area contributed by atoms with Crippen LogP contribution in [0.25, 0.3) is 10.9 Å². The van der Waals surface area contributed by atoms with Gasteiger partial charge in [-0.1, -0.05) is 11.6 Å². The maximum atomic E-state index is 12.5. The maximum Gasteiger partial charge on any atom is 0.222 e. The van der Waals surface area contributed by atoms with Crippen molar-refractivity contribution in [2.24, 2.45) is 0 Å². The molecule has 0 aliphatic carbocycles. The first-order chi connectivity index (χ1) is 8.65. The molecule has 2 aromatic heterocycles. The zero-order valence-electron chi connectivity index (χ0n) is 9.07. The quantitative estimate of drug-likeness (QED) is 0.632. The third-order valence-corrected chi connectivity index (χ3v) is 2.50. The fourth-order valence-electron chi connectivity index (χ4n) is 1.32. The number of aromatic amines is 1. The van der Waals surface area contributed by atoms with E-state index in [0.29, 0.717) is 5.02 Å². The van der Waals surface area contributed by atoms with Crippen molar-refractivity contribution in [3.63, 3.8) is 0 Å². The first-order valence-electron chi connectivity index (χ1n) is 5.01. The summed E-state index contributed by atoms with van der Waals surface area (Å²) in [6.45, 7) is 0. The molecule has 0 atom stereocenters. The van der Waals surface area contributed by atoms with Crippen molar-refractivity contribution in [1.29, 1.82) is 0 Å². The van der Waals surface area contributed by atoms with Crippen LogP contribution in [0.15, 0.2) is 42.9 Å². The molecule has 0 saturated heterocycles. The second kappa shape index (κ2) is 5.80. The third kappa shape index (κ3) is 3.42. The highest BCUT2D eigenvalue weighted by atomic mass is 35.5. The van der Waals surface area contributed by atoms with Crippen molar-refractivity contribution in [3.8, 4) is 0 Å². The van der Waals surface area contributed by atoms with Crippen LogP contribution in [-0.2, 0) is 0 Å². The number of fused-ring (bicyclic) bond motifs is 1. The minimum atomic E-state index is -0.199. The van der Waals surface area contributed by atoms with Crippen LogP contribution in [0.2, 0.25) is 10.3 Å². The molecule has 0 amide bonds. The molecule has 2 heterocycles. The monoisotopic (exact) mass is 283 g/mol. The van der Waals surface area contributed by atoms with Gasteiger partial charge in [0.05, 0.1) is 17.4 Å². The Morgan fingerprint density at radius 3 is 2.44 bits per heavy atom. The largest absolute Gasteiger partial charge is 0.361 e. The molecule has 0 aliphatic heterocycles. The van der Waals surface area contributed by atoms with Gasteiger partial charge in [0.15, 0.2) is 0 Å². The van der Waals surface area contributed by atoms with Gasteiger partial charge in [-0.3, -0.25) is 0 Å². The molecule has 0 saturated carbocycles. The molecular weight excluding hydrogens is 276 g/mol. The molecule has 0 spiro atoms. The van der Waals surface area contributed by atoms with Crippen molar-refractivity contribution in [2.75, 3.05) is 0 Å². The first kappa shape index (κ1) is 12.8. The third-order valence-electron chi connectivity index (χ3n) is 2.11. The molecule has 1 aromatic carbocycles. The van der Waals surface area contributed by atoms with E-state index >= 15 is 0 Å². The average molecular weight is 284 g/mol. The molecule has 0 bridgehead atoms. The Morgan fingerprint density at radius 1 is 1.06 bits per heavy atom. The Kier molecular flexibility index (Phi) is 4.12. The van der Waals surface area contributed by atoms with Crippen molar-refractivity contribution >= 4 is 34.1 Å². The number of hydrogen-bond acceptors (Lipinski definition) is 2. The second-order valence-electron chi connectivity index (χ2n) is 3.38. The van der Waals surface area contributed by atoms with Gasteiger partial charge in [-0.25, -0.2) is 14.4 Å². The van der Waals surface area contributed by atoms with Crippen LogP contribution in [0.5, 0.6) is 0 Å². The molecule has 0 aliphatic rings. The minimum Gasteiger partial charge on any atom is -0.361 e. The van der Waals surface area contributed by atoms with E-state index in [4.69, 9.17) is 23.2 Å². The summed E-state index contributed by atoms with van der Waals surface area (Å²) in [7, 11) is 0. The van der Waals surface area contributed by atoms with Crippen LogP contribution in [0.4, 0.5) is 4.39 Å². The lowest BCUT2D eigenvalue weighted by Crippen LogP contribution is -1.76. The Hall–Kier alpha value is -1.65. The van der Waals surface area contributed by atoms with Gasteiger partial charge in [0.25, 0.3) is 0 Å². The van der Waals surface area contributed by atoms with Gasteiger partial charge in [0.2, 0.25) is 5.28 Å². The summed E-state index contributed by atoms with van der Waals surface area (Å²) >= 11 is 10.8. The van der Waals surface area contributed by atoms with Crippen LogP contribution < -0.4 is 0 Å². The van der Waals surface area contributed by atoms with Crippen molar-refractivity contribution in [3.05, 3.63) is 59.0 Å². The molecule has 3 aromatic rings. The standard InChI is InChI=1S/C8H6FN.C4H2Cl2N2/c9-7-2-1-6-3-4-10-8(6)5-7;5-3-1-7-4(6)8-2-3/h1-5,10H;1-2H. The van der Waals surface area contributed by atoms with Crippen LogP contribution in [0, 0.1) is 5.82 Å². The van der Waals surface area contributed by atoms with E-state index in [-0.39, 0.29) is 11.1 Å². The molecule has 0 radical (unpaired) electrons. The number of hydrogen-bond donors (Lipinski definition) is 1. The Balaban J connectivity index is 0.000000138. The van der Waals surface area contributed by atoms with Crippen LogP contribution >= 0.6 is 23.2 Å². The summed E-state index contributed by atoms with van der Waals surface area (Å²) in [5, 5.41) is 1.75. The average Bonchev–Trinajstić information content (AvgIpc) is 2.81. The van der Waals surface area contributed by atoms with E-state index < -0.39 is 0 Å². The Labute approximate surface area is 113 Å². The summed E-state index contributed by atoms with van der Waals surface area (Å²) in [5.41, 5.74) is 0.847. The predicted octanol–water partition coefficient (Wildman–Crippen LogP) is 4.09. The zero-order valence-corrected chi connectivity index (χ0v) is 10.6. The van der Waals surface area contributed by atoms with Gasteiger partial charge in [-0.15, -0.1) is 0 Å². The van der Waals surface area contributed by atoms with E-state index in [1.54, 1.807) is 12.3 Å². The normalized spacial score (nSPS) is 9.94. The Morgan fingerprint density at radius 2 is 1.78 bits per heavy atom. The van der Waals surface area contributed by atoms with Crippen LogP contribution in [0.1, 0.15) is 0 Å². The molecule has 0 unspecified atom stereocenters. The highest BCUT2D eigenvalue weighted by Crippen LogP contribution is 2.12. The second-order valence-corrected chi connectivity index (χ2v) is 4.15. The van der Waals surface area contributed by atoms with E-state index in [1.165, 1.54) is 24.5 Å². The van der Waals surface area contributed by atoms with Gasteiger partial charge >= 0.3 is 0 Å². The lowest BCUT2D eigenvalue weighted by Gasteiger charge is -1.87. The molecule has 18 heavy (non-hydrogen) atoms. The number of nitrogens with zero attached hydrogens (tertiary/aromatic N) is 2. The number of benzene rings is 1. The van der Waals surface area contributed by atoms with E-state index in [2.05, 4.69) is 15.0 Å². The summed E-state index contributed by atoms with van der Waals surface area (Å²) in [6, 6.07) is 6.60. The summed E-state index contributed by atoms with van der Waals surface area (Å²) in [4.78, 5) is 10.1. The molecule has 3 rings (SSSR count). The molecule has 0 fully saturated rings. The molecule has 92 valence electrons. The topological polar surface area (TPSA) is 41.6 Å². The van der Waals surface area contributed by atoms with E-state index in [0.717, 1.165) is 10.9 Å².